The molecule has 1 aromatic carbocycles. The van der Waals surface area contributed by atoms with E-state index in [1.54, 1.807) is 19.1 Å². The van der Waals surface area contributed by atoms with Gasteiger partial charge in [0.25, 0.3) is 11.8 Å². The second kappa shape index (κ2) is 7.71. The maximum atomic E-state index is 13.8. The van der Waals surface area contributed by atoms with Gasteiger partial charge in [-0.25, -0.2) is 8.78 Å². The molecule has 1 N–H and O–H groups in total. The van der Waals surface area contributed by atoms with E-state index in [2.05, 4.69) is 5.32 Å². The lowest BCUT2D eigenvalue weighted by Gasteiger charge is -2.17. The third kappa shape index (κ3) is 4.22. The Bertz CT molecular complexity index is 983. The van der Waals surface area contributed by atoms with Crippen molar-refractivity contribution in [2.45, 2.75) is 13.5 Å². The number of carbonyl (C=O) groups is 2. The molecule has 2 aromatic heterocycles. The van der Waals surface area contributed by atoms with Gasteiger partial charge in [0.15, 0.2) is 5.76 Å². The molecule has 0 atom stereocenters. The summed E-state index contributed by atoms with van der Waals surface area (Å²) in [5.74, 6) is -1.94. The van der Waals surface area contributed by atoms with Gasteiger partial charge in [0.2, 0.25) is 0 Å². The predicted molar refractivity (Wildman–Crippen MR) is 97.9 cm³/mol. The monoisotopic (exact) mass is 390 g/mol. The second-order valence-corrected chi connectivity index (χ2v) is 7.00. The molecule has 0 saturated heterocycles. The normalized spacial score (nSPS) is 10.7. The molecule has 2 heterocycles. The number of hydrogen-bond acceptors (Lipinski definition) is 4. The van der Waals surface area contributed by atoms with Gasteiger partial charge in [-0.15, -0.1) is 11.3 Å². The SMILES string of the molecule is Cc1cc(NC(=O)c2ccco2)sc1C(=O)N(C)Cc1ccc(F)cc1F. The fraction of sp³-hybridized carbons (Fsp3) is 0.158. The Morgan fingerprint density at radius 2 is 2.00 bits per heavy atom. The molecule has 0 radical (unpaired) electrons. The highest BCUT2D eigenvalue weighted by Crippen LogP contribution is 2.28. The lowest BCUT2D eigenvalue weighted by Crippen LogP contribution is -2.26. The molecule has 0 unspecified atom stereocenters. The molecule has 0 aliphatic carbocycles. The van der Waals surface area contributed by atoms with Gasteiger partial charge in [-0.05, 0) is 36.8 Å². The number of nitrogens with one attached hydrogen (secondary N) is 1. The van der Waals surface area contributed by atoms with Gasteiger partial charge in [-0.2, -0.15) is 0 Å². The van der Waals surface area contributed by atoms with Crippen LogP contribution in [0.4, 0.5) is 13.8 Å². The smallest absolute Gasteiger partial charge is 0.291 e. The van der Waals surface area contributed by atoms with E-state index in [1.807, 2.05) is 0 Å². The Labute approximate surface area is 158 Å². The molecule has 5 nitrogen and oxygen atoms in total. The van der Waals surface area contributed by atoms with Crippen LogP contribution in [0.5, 0.6) is 0 Å². The van der Waals surface area contributed by atoms with E-state index in [1.165, 1.54) is 30.3 Å². The van der Waals surface area contributed by atoms with Crippen LogP contribution in [0.25, 0.3) is 0 Å². The number of hydrogen-bond donors (Lipinski definition) is 1. The van der Waals surface area contributed by atoms with Gasteiger partial charge < -0.3 is 14.6 Å². The van der Waals surface area contributed by atoms with E-state index in [4.69, 9.17) is 4.42 Å². The van der Waals surface area contributed by atoms with E-state index >= 15 is 0 Å². The first-order valence-corrected chi connectivity index (χ1v) is 8.81. The van der Waals surface area contributed by atoms with Gasteiger partial charge in [0.1, 0.15) is 11.6 Å². The number of aryl methyl sites for hydroxylation is 1. The van der Waals surface area contributed by atoms with Crippen LogP contribution in [0.15, 0.2) is 47.1 Å². The fourth-order valence-electron chi connectivity index (χ4n) is 2.49. The van der Waals surface area contributed by atoms with E-state index in [9.17, 15) is 18.4 Å². The molecule has 0 spiro atoms. The molecule has 0 saturated carbocycles. The summed E-state index contributed by atoms with van der Waals surface area (Å²) in [4.78, 5) is 26.5. The maximum Gasteiger partial charge on any atom is 0.291 e. The van der Waals surface area contributed by atoms with Crippen molar-refractivity contribution < 1.29 is 22.8 Å². The molecule has 0 aliphatic heterocycles. The minimum Gasteiger partial charge on any atom is -0.459 e. The topological polar surface area (TPSA) is 62.6 Å². The third-order valence-electron chi connectivity index (χ3n) is 3.86. The Hall–Kier alpha value is -3.00. The first kappa shape index (κ1) is 18.8. The lowest BCUT2D eigenvalue weighted by molar-refractivity contribution is 0.0787. The van der Waals surface area contributed by atoms with Crippen molar-refractivity contribution in [3.05, 3.63) is 76.1 Å². The molecule has 8 heteroatoms. The largest absolute Gasteiger partial charge is 0.459 e. The van der Waals surface area contributed by atoms with Crippen molar-refractivity contribution in [1.82, 2.24) is 4.90 Å². The zero-order valence-electron chi connectivity index (χ0n) is 14.6. The maximum absolute atomic E-state index is 13.8. The van der Waals surface area contributed by atoms with Crippen LogP contribution in [-0.4, -0.2) is 23.8 Å². The summed E-state index contributed by atoms with van der Waals surface area (Å²) in [7, 11) is 1.53. The summed E-state index contributed by atoms with van der Waals surface area (Å²) >= 11 is 1.12. The Kier molecular flexibility index (Phi) is 5.36. The van der Waals surface area contributed by atoms with Gasteiger partial charge in [0, 0.05) is 25.2 Å². The number of anilines is 1. The number of benzene rings is 1. The Morgan fingerprint density at radius 1 is 1.22 bits per heavy atom. The highest BCUT2D eigenvalue weighted by atomic mass is 32.1. The van der Waals surface area contributed by atoms with Gasteiger partial charge >= 0.3 is 0 Å². The summed E-state index contributed by atoms with van der Waals surface area (Å²) < 4.78 is 31.8. The first-order chi connectivity index (χ1) is 12.8. The van der Waals surface area contributed by atoms with E-state index in [0.717, 1.165) is 23.5 Å². The van der Waals surface area contributed by atoms with Crippen molar-refractivity contribution in [2.75, 3.05) is 12.4 Å². The summed E-state index contributed by atoms with van der Waals surface area (Å²) in [5, 5.41) is 3.18. The van der Waals surface area contributed by atoms with Crippen LogP contribution in [-0.2, 0) is 6.54 Å². The van der Waals surface area contributed by atoms with Crippen molar-refractivity contribution in [3.63, 3.8) is 0 Å². The Balaban J connectivity index is 1.72. The minimum absolute atomic E-state index is 0.00360. The minimum atomic E-state index is -0.705. The van der Waals surface area contributed by atoms with Gasteiger partial charge in [-0.3, -0.25) is 9.59 Å². The highest BCUT2D eigenvalue weighted by molar-refractivity contribution is 7.18. The number of nitrogens with zero attached hydrogens (tertiary/aromatic N) is 1. The fourth-order valence-corrected chi connectivity index (χ4v) is 3.55. The molecule has 0 bridgehead atoms. The number of carbonyl (C=O) groups excluding carboxylic acids is 2. The van der Waals surface area contributed by atoms with Crippen molar-refractivity contribution in [2.24, 2.45) is 0 Å². The first-order valence-electron chi connectivity index (χ1n) is 8.00. The summed E-state index contributed by atoms with van der Waals surface area (Å²) in [5.41, 5.74) is 0.902. The van der Waals surface area contributed by atoms with Crippen LogP contribution >= 0.6 is 11.3 Å². The molecular formula is C19H16F2N2O3S. The molecule has 3 rings (SSSR count). The molecule has 2 amide bonds. The molecule has 27 heavy (non-hydrogen) atoms. The van der Waals surface area contributed by atoms with Crippen LogP contribution in [0.2, 0.25) is 0 Å². The highest BCUT2D eigenvalue weighted by Gasteiger charge is 2.20. The Morgan fingerprint density at radius 3 is 2.67 bits per heavy atom. The van der Waals surface area contributed by atoms with Gasteiger partial charge in [-0.1, -0.05) is 6.07 Å². The average molecular weight is 390 g/mol. The number of thiophene rings is 1. The summed E-state index contributed by atoms with van der Waals surface area (Å²) in [6.07, 6.45) is 1.40. The summed E-state index contributed by atoms with van der Waals surface area (Å²) in [6, 6.07) is 8.07. The lowest BCUT2D eigenvalue weighted by atomic mass is 10.2. The quantitative estimate of drug-likeness (QED) is 0.700. The average Bonchev–Trinajstić information content (AvgIpc) is 3.26. The molecule has 140 valence electrons. The number of rotatable bonds is 5. The molecular weight excluding hydrogens is 374 g/mol. The molecule has 3 aromatic rings. The van der Waals surface area contributed by atoms with Crippen LogP contribution in [0.3, 0.4) is 0 Å². The standard InChI is InChI=1S/C19H16F2N2O3S/c1-11-8-16(22-18(24)15-4-3-7-26-15)27-17(11)19(25)23(2)10-12-5-6-13(20)9-14(12)21/h3-9H,10H2,1-2H3,(H,22,24). The second-order valence-electron chi connectivity index (χ2n) is 5.95. The van der Waals surface area contributed by atoms with Crippen LogP contribution in [0, 0.1) is 18.6 Å². The van der Waals surface area contributed by atoms with Crippen molar-refractivity contribution in [3.8, 4) is 0 Å². The number of amides is 2. The van der Waals surface area contributed by atoms with Crippen molar-refractivity contribution in [1.29, 1.82) is 0 Å². The third-order valence-corrected chi connectivity index (χ3v) is 5.00. The van der Waals surface area contributed by atoms with Crippen LogP contribution in [0.1, 0.15) is 31.4 Å². The molecule has 0 aliphatic rings. The van der Waals surface area contributed by atoms with E-state index in [0.29, 0.717) is 15.4 Å². The summed E-state index contributed by atoms with van der Waals surface area (Å²) in [6.45, 7) is 1.75. The zero-order valence-corrected chi connectivity index (χ0v) is 15.4. The molecule has 0 fully saturated rings. The zero-order chi connectivity index (χ0) is 19.6. The van der Waals surface area contributed by atoms with Gasteiger partial charge in [0.05, 0.1) is 16.1 Å². The number of furan rings is 1. The van der Waals surface area contributed by atoms with Crippen LogP contribution < -0.4 is 5.32 Å². The predicted octanol–water partition coefficient (Wildman–Crippen LogP) is 4.45. The van der Waals surface area contributed by atoms with E-state index in [-0.39, 0.29) is 23.8 Å². The number of halogens is 2. The van der Waals surface area contributed by atoms with Crippen molar-refractivity contribution >= 4 is 28.2 Å². The van der Waals surface area contributed by atoms with E-state index < -0.39 is 17.5 Å².